The Morgan fingerprint density at radius 1 is 1.35 bits per heavy atom. The first-order valence-electron chi connectivity index (χ1n) is 6.96. The summed E-state index contributed by atoms with van der Waals surface area (Å²) in [5.74, 6) is 0.397. The van der Waals surface area contributed by atoms with E-state index in [2.05, 4.69) is 18.8 Å². The second-order valence-corrected chi connectivity index (χ2v) is 5.99. The zero-order valence-corrected chi connectivity index (χ0v) is 11.9. The first-order chi connectivity index (χ1) is 9.49. The zero-order valence-electron chi connectivity index (χ0n) is 11.9. The van der Waals surface area contributed by atoms with Crippen LogP contribution in [-0.2, 0) is 0 Å². The lowest BCUT2D eigenvalue weighted by molar-refractivity contribution is 0.0646. The van der Waals surface area contributed by atoms with Gasteiger partial charge in [-0.1, -0.05) is 24.3 Å². The largest absolute Gasteiger partial charge is 0.383 e. The van der Waals surface area contributed by atoms with E-state index in [1.165, 1.54) is 0 Å². The highest BCUT2D eigenvalue weighted by Gasteiger charge is 2.36. The molecule has 2 heterocycles. The number of carbonyl (C=O) groups is 1. The number of hydrogen-bond acceptors (Lipinski definition) is 3. The highest BCUT2D eigenvalue weighted by atomic mass is 16.2. The van der Waals surface area contributed by atoms with Crippen LogP contribution < -0.4 is 5.73 Å². The number of nitrogens with zero attached hydrogens (tertiary/aromatic N) is 2. The number of nitrogens with two attached hydrogens (primary N) is 1. The average molecular weight is 269 g/mol. The van der Waals surface area contributed by atoms with Gasteiger partial charge in [-0.3, -0.25) is 4.79 Å². The first-order valence-corrected chi connectivity index (χ1v) is 6.96. The van der Waals surface area contributed by atoms with Gasteiger partial charge in [-0.2, -0.15) is 0 Å². The van der Waals surface area contributed by atoms with Crippen molar-refractivity contribution >= 4 is 22.5 Å². The molecule has 1 aliphatic heterocycles. The molecule has 0 atom stereocenters. The van der Waals surface area contributed by atoms with E-state index in [-0.39, 0.29) is 11.4 Å². The summed E-state index contributed by atoms with van der Waals surface area (Å²) in [5, 5.41) is 1.85. The van der Waals surface area contributed by atoms with E-state index in [1.807, 2.05) is 35.2 Å². The second-order valence-electron chi connectivity index (χ2n) is 5.99. The molecule has 2 N–H and O–H groups in total. The van der Waals surface area contributed by atoms with Crippen molar-refractivity contribution in [3.63, 3.8) is 0 Å². The van der Waals surface area contributed by atoms with Crippen molar-refractivity contribution in [2.45, 2.75) is 32.2 Å². The molecule has 2 aromatic rings. The highest BCUT2D eigenvalue weighted by molar-refractivity contribution is 6.00. The number of aromatic nitrogens is 1. The van der Waals surface area contributed by atoms with E-state index >= 15 is 0 Å². The van der Waals surface area contributed by atoms with Crippen LogP contribution in [0, 0.1) is 0 Å². The third-order valence-corrected chi connectivity index (χ3v) is 4.14. The molecule has 1 aliphatic rings. The van der Waals surface area contributed by atoms with Crippen LogP contribution in [0.25, 0.3) is 10.8 Å². The average Bonchev–Trinajstić information content (AvgIpc) is 2.77. The minimum atomic E-state index is -0.0980. The summed E-state index contributed by atoms with van der Waals surface area (Å²) in [5.41, 5.74) is 6.32. The van der Waals surface area contributed by atoms with Gasteiger partial charge in [-0.05, 0) is 38.1 Å². The predicted molar refractivity (Wildman–Crippen MR) is 80.5 cm³/mol. The Labute approximate surface area is 118 Å². The van der Waals surface area contributed by atoms with Gasteiger partial charge in [0.05, 0.1) is 0 Å². The van der Waals surface area contributed by atoms with Crippen LogP contribution in [0.15, 0.2) is 30.3 Å². The number of nitrogen functional groups attached to an aromatic ring is 1. The fourth-order valence-electron chi connectivity index (χ4n) is 2.96. The maximum Gasteiger partial charge on any atom is 0.273 e. The van der Waals surface area contributed by atoms with Crippen LogP contribution in [0.1, 0.15) is 37.2 Å². The van der Waals surface area contributed by atoms with Gasteiger partial charge in [0.1, 0.15) is 11.5 Å². The molecule has 4 heteroatoms. The van der Waals surface area contributed by atoms with Crippen LogP contribution >= 0.6 is 0 Å². The monoisotopic (exact) mass is 269 g/mol. The van der Waals surface area contributed by atoms with Crippen molar-refractivity contribution in [1.82, 2.24) is 9.88 Å². The topological polar surface area (TPSA) is 59.2 Å². The Bertz CT molecular complexity index is 678. The van der Waals surface area contributed by atoms with Crippen LogP contribution in [0.2, 0.25) is 0 Å². The molecule has 0 aliphatic carbocycles. The molecule has 1 saturated heterocycles. The van der Waals surface area contributed by atoms with E-state index in [4.69, 9.17) is 5.73 Å². The maximum atomic E-state index is 12.7. The molecule has 104 valence electrons. The molecule has 3 rings (SSSR count). The standard InChI is InChI=1S/C16H19N3O/c1-16(2)8-5-9-19(16)15(20)13-10-11-6-3-4-7-12(11)14(17)18-13/h3-4,6-7,10H,5,8-9H2,1-2H3,(H2,17,18). The lowest BCUT2D eigenvalue weighted by Gasteiger charge is -2.31. The number of likely N-dealkylation sites (tertiary alicyclic amines) is 1. The summed E-state index contributed by atoms with van der Waals surface area (Å²) in [6.07, 6.45) is 2.07. The van der Waals surface area contributed by atoms with Gasteiger partial charge in [0.25, 0.3) is 5.91 Å². The molecule has 1 aromatic carbocycles. The molecule has 0 unspecified atom stereocenters. The zero-order chi connectivity index (χ0) is 14.3. The number of fused-ring (bicyclic) bond motifs is 1. The molecule has 0 spiro atoms. The number of anilines is 1. The molecule has 1 aromatic heterocycles. The van der Waals surface area contributed by atoms with E-state index in [0.29, 0.717) is 11.5 Å². The Kier molecular flexibility index (Phi) is 2.89. The number of carbonyl (C=O) groups excluding carboxylic acids is 1. The second kappa shape index (κ2) is 4.47. The van der Waals surface area contributed by atoms with Crippen molar-refractivity contribution in [1.29, 1.82) is 0 Å². The van der Waals surface area contributed by atoms with Crippen molar-refractivity contribution in [3.05, 3.63) is 36.0 Å². The Hall–Kier alpha value is -2.10. The van der Waals surface area contributed by atoms with Gasteiger partial charge in [0.2, 0.25) is 0 Å². The SMILES string of the molecule is CC1(C)CCCN1C(=O)c1cc2ccccc2c(N)n1. The highest BCUT2D eigenvalue weighted by Crippen LogP contribution is 2.30. The predicted octanol–water partition coefficient (Wildman–Crippen LogP) is 2.83. The number of rotatable bonds is 1. The minimum Gasteiger partial charge on any atom is -0.383 e. The number of hydrogen-bond donors (Lipinski definition) is 1. The summed E-state index contributed by atoms with van der Waals surface area (Å²) in [7, 11) is 0. The molecular weight excluding hydrogens is 250 g/mol. The third-order valence-electron chi connectivity index (χ3n) is 4.14. The van der Waals surface area contributed by atoms with E-state index in [9.17, 15) is 4.79 Å². The molecule has 0 saturated carbocycles. The lowest BCUT2D eigenvalue weighted by Crippen LogP contribution is -2.43. The van der Waals surface area contributed by atoms with Crippen molar-refractivity contribution in [3.8, 4) is 0 Å². The molecule has 0 radical (unpaired) electrons. The van der Waals surface area contributed by atoms with Crippen molar-refractivity contribution < 1.29 is 4.79 Å². The lowest BCUT2D eigenvalue weighted by atomic mass is 10.0. The molecule has 4 nitrogen and oxygen atoms in total. The first kappa shape index (κ1) is 12.9. The fourth-order valence-corrected chi connectivity index (χ4v) is 2.96. The van der Waals surface area contributed by atoms with Gasteiger partial charge in [-0.25, -0.2) is 4.98 Å². The molecule has 1 amide bonds. The summed E-state index contributed by atoms with van der Waals surface area (Å²) < 4.78 is 0. The smallest absolute Gasteiger partial charge is 0.273 e. The quantitative estimate of drug-likeness (QED) is 0.866. The summed E-state index contributed by atoms with van der Waals surface area (Å²) in [6.45, 7) is 4.99. The Morgan fingerprint density at radius 2 is 2.10 bits per heavy atom. The van der Waals surface area contributed by atoms with E-state index in [0.717, 1.165) is 30.2 Å². The van der Waals surface area contributed by atoms with Crippen LogP contribution in [0.4, 0.5) is 5.82 Å². The molecule has 1 fully saturated rings. The van der Waals surface area contributed by atoms with Crippen LogP contribution in [-0.4, -0.2) is 27.9 Å². The number of pyridine rings is 1. The van der Waals surface area contributed by atoms with Gasteiger partial charge in [0.15, 0.2) is 0 Å². The number of benzene rings is 1. The van der Waals surface area contributed by atoms with Crippen LogP contribution in [0.3, 0.4) is 0 Å². The fraction of sp³-hybridized carbons (Fsp3) is 0.375. The normalized spacial score (nSPS) is 17.6. The summed E-state index contributed by atoms with van der Waals surface area (Å²) in [6, 6.07) is 9.58. The maximum absolute atomic E-state index is 12.7. The van der Waals surface area contributed by atoms with E-state index < -0.39 is 0 Å². The van der Waals surface area contributed by atoms with Crippen LogP contribution in [0.5, 0.6) is 0 Å². The van der Waals surface area contributed by atoms with Gasteiger partial charge >= 0.3 is 0 Å². The van der Waals surface area contributed by atoms with Gasteiger partial charge < -0.3 is 10.6 Å². The Morgan fingerprint density at radius 3 is 2.80 bits per heavy atom. The van der Waals surface area contributed by atoms with Gasteiger partial charge in [-0.15, -0.1) is 0 Å². The summed E-state index contributed by atoms with van der Waals surface area (Å²) >= 11 is 0. The summed E-state index contributed by atoms with van der Waals surface area (Å²) in [4.78, 5) is 18.9. The minimum absolute atomic E-state index is 0.0232. The molecule has 0 bridgehead atoms. The third kappa shape index (κ3) is 2.01. The van der Waals surface area contributed by atoms with Crippen molar-refractivity contribution in [2.75, 3.05) is 12.3 Å². The number of amides is 1. The van der Waals surface area contributed by atoms with E-state index in [1.54, 1.807) is 0 Å². The molecule has 20 heavy (non-hydrogen) atoms. The van der Waals surface area contributed by atoms with Crippen molar-refractivity contribution in [2.24, 2.45) is 0 Å². The molecular formula is C16H19N3O. The van der Waals surface area contributed by atoms with Gasteiger partial charge in [0, 0.05) is 17.5 Å². The Balaban J connectivity index is 2.04.